The van der Waals surface area contributed by atoms with E-state index >= 15 is 0 Å². The van der Waals surface area contributed by atoms with Crippen LogP contribution in [-0.2, 0) is 16.0 Å². The van der Waals surface area contributed by atoms with Gasteiger partial charge in [0.1, 0.15) is 6.04 Å². The molecule has 1 atom stereocenters. The standard InChI is InChI=1S/C20H23N3O3/c1-13-7-6-8-14(2)16(13)11-17(19(21)25)23-18(24)12-22-20(26)15-9-4-3-5-10-15/h3-10,17H,11-12H2,1-2H3,(H2,21,25)(H,22,26)(H,23,24)/t17-/m1/s1. The molecule has 0 aliphatic carbocycles. The molecule has 0 aromatic heterocycles. The number of primary amides is 1. The molecule has 0 aliphatic heterocycles. The zero-order chi connectivity index (χ0) is 19.1. The lowest BCUT2D eigenvalue weighted by Gasteiger charge is -2.18. The number of carbonyl (C=O) groups is 3. The van der Waals surface area contributed by atoms with E-state index in [0.29, 0.717) is 12.0 Å². The maximum atomic E-state index is 12.1. The molecule has 3 amide bonds. The van der Waals surface area contributed by atoms with Crippen molar-refractivity contribution in [1.82, 2.24) is 10.6 Å². The van der Waals surface area contributed by atoms with Crippen molar-refractivity contribution in [2.45, 2.75) is 26.3 Å². The molecule has 0 radical (unpaired) electrons. The van der Waals surface area contributed by atoms with E-state index in [2.05, 4.69) is 10.6 Å². The molecule has 0 heterocycles. The van der Waals surface area contributed by atoms with E-state index in [1.54, 1.807) is 30.3 Å². The van der Waals surface area contributed by atoms with Gasteiger partial charge >= 0.3 is 0 Å². The van der Waals surface area contributed by atoms with E-state index < -0.39 is 17.9 Å². The van der Waals surface area contributed by atoms with Crippen LogP contribution >= 0.6 is 0 Å². The summed E-state index contributed by atoms with van der Waals surface area (Å²) in [5, 5.41) is 5.12. The Morgan fingerprint density at radius 1 is 0.962 bits per heavy atom. The Hall–Kier alpha value is -3.15. The minimum atomic E-state index is -0.837. The number of hydrogen-bond acceptors (Lipinski definition) is 3. The average Bonchev–Trinajstić information content (AvgIpc) is 2.62. The molecule has 4 N–H and O–H groups in total. The first kappa shape index (κ1) is 19.2. The minimum Gasteiger partial charge on any atom is -0.368 e. The largest absolute Gasteiger partial charge is 0.368 e. The summed E-state index contributed by atoms with van der Waals surface area (Å²) in [4.78, 5) is 35.8. The monoisotopic (exact) mass is 353 g/mol. The fraction of sp³-hybridized carbons (Fsp3) is 0.250. The molecule has 2 aromatic rings. The molecule has 0 fully saturated rings. The quantitative estimate of drug-likeness (QED) is 0.698. The molecule has 0 bridgehead atoms. The van der Waals surface area contributed by atoms with E-state index in [1.807, 2.05) is 32.0 Å². The van der Waals surface area contributed by atoms with E-state index in [4.69, 9.17) is 5.73 Å². The summed E-state index contributed by atoms with van der Waals surface area (Å²) in [6, 6.07) is 13.6. The van der Waals surface area contributed by atoms with Gasteiger partial charge in [-0.15, -0.1) is 0 Å². The summed E-state index contributed by atoms with van der Waals surface area (Å²) in [5.74, 6) is -1.44. The van der Waals surface area contributed by atoms with Crippen molar-refractivity contribution in [2.24, 2.45) is 5.73 Å². The first-order valence-electron chi connectivity index (χ1n) is 8.35. The molecular formula is C20H23N3O3. The molecule has 0 spiro atoms. The van der Waals surface area contributed by atoms with Crippen LogP contribution in [0.1, 0.15) is 27.0 Å². The molecule has 136 valence electrons. The first-order chi connectivity index (χ1) is 12.4. The number of rotatable bonds is 7. The highest BCUT2D eigenvalue weighted by Gasteiger charge is 2.20. The third-order valence-corrected chi connectivity index (χ3v) is 4.18. The van der Waals surface area contributed by atoms with Crippen molar-refractivity contribution in [3.63, 3.8) is 0 Å². The van der Waals surface area contributed by atoms with E-state index in [-0.39, 0.29) is 12.5 Å². The van der Waals surface area contributed by atoms with Crippen molar-refractivity contribution >= 4 is 17.7 Å². The number of amides is 3. The van der Waals surface area contributed by atoms with Gasteiger partial charge in [-0.25, -0.2) is 0 Å². The Balaban J connectivity index is 1.96. The molecule has 2 rings (SSSR count). The predicted molar refractivity (Wildman–Crippen MR) is 99.5 cm³/mol. The topological polar surface area (TPSA) is 101 Å². The van der Waals surface area contributed by atoms with Crippen LogP contribution in [0.3, 0.4) is 0 Å². The Morgan fingerprint density at radius 3 is 2.15 bits per heavy atom. The van der Waals surface area contributed by atoms with Crippen molar-refractivity contribution in [1.29, 1.82) is 0 Å². The summed E-state index contributed by atoms with van der Waals surface area (Å²) in [7, 11) is 0. The van der Waals surface area contributed by atoms with Crippen molar-refractivity contribution < 1.29 is 14.4 Å². The van der Waals surface area contributed by atoms with Gasteiger partial charge in [-0.2, -0.15) is 0 Å². The van der Waals surface area contributed by atoms with Crippen molar-refractivity contribution in [3.8, 4) is 0 Å². The number of benzene rings is 2. The van der Waals surface area contributed by atoms with Gasteiger partial charge in [-0.3, -0.25) is 14.4 Å². The Morgan fingerprint density at radius 2 is 1.58 bits per heavy atom. The fourth-order valence-electron chi connectivity index (χ4n) is 2.70. The number of nitrogens with two attached hydrogens (primary N) is 1. The van der Waals surface area contributed by atoms with Crippen molar-refractivity contribution in [2.75, 3.05) is 6.54 Å². The van der Waals surface area contributed by atoms with Crippen LogP contribution in [0.4, 0.5) is 0 Å². The molecule has 0 unspecified atom stereocenters. The van der Waals surface area contributed by atoms with Gasteiger partial charge < -0.3 is 16.4 Å². The first-order valence-corrected chi connectivity index (χ1v) is 8.35. The Labute approximate surface area is 152 Å². The van der Waals surface area contributed by atoms with Gasteiger partial charge in [0.25, 0.3) is 5.91 Å². The van der Waals surface area contributed by atoms with E-state index in [0.717, 1.165) is 16.7 Å². The summed E-state index contributed by atoms with van der Waals surface area (Å²) in [6.45, 7) is 3.66. The maximum absolute atomic E-state index is 12.1. The Kier molecular flexibility index (Phi) is 6.49. The Bertz CT molecular complexity index is 783. The summed E-state index contributed by atoms with van der Waals surface area (Å²) < 4.78 is 0. The second-order valence-electron chi connectivity index (χ2n) is 6.15. The lowest BCUT2D eigenvalue weighted by atomic mass is 9.96. The van der Waals surface area contributed by atoms with Gasteiger partial charge in [-0.1, -0.05) is 36.4 Å². The average molecular weight is 353 g/mol. The number of hydrogen-bond donors (Lipinski definition) is 3. The third kappa shape index (κ3) is 5.17. The van der Waals surface area contributed by atoms with Gasteiger partial charge in [0, 0.05) is 12.0 Å². The maximum Gasteiger partial charge on any atom is 0.251 e. The molecule has 2 aromatic carbocycles. The second-order valence-corrected chi connectivity index (χ2v) is 6.15. The van der Waals surface area contributed by atoms with E-state index in [9.17, 15) is 14.4 Å². The molecule has 6 nitrogen and oxygen atoms in total. The molecule has 0 aliphatic rings. The van der Waals surface area contributed by atoms with Crippen LogP contribution in [-0.4, -0.2) is 30.3 Å². The lowest BCUT2D eigenvalue weighted by molar-refractivity contribution is -0.126. The van der Waals surface area contributed by atoms with Crippen molar-refractivity contribution in [3.05, 3.63) is 70.8 Å². The fourth-order valence-corrected chi connectivity index (χ4v) is 2.70. The summed E-state index contributed by atoms with van der Waals surface area (Å²) in [5.41, 5.74) is 8.94. The second kappa shape index (κ2) is 8.80. The normalized spacial score (nSPS) is 11.5. The van der Waals surface area contributed by atoms with Crippen LogP contribution in [0.25, 0.3) is 0 Å². The van der Waals surface area contributed by atoms with Crippen LogP contribution < -0.4 is 16.4 Å². The molecular weight excluding hydrogens is 330 g/mol. The van der Waals surface area contributed by atoms with Crippen LogP contribution in [0.15, 0.2) is 48.5 Å². The third-order valence-electron chi connectivity index (χ3n) is 4.18. The molecule has 0 saturated heterocycles. The smallest absolute Gasteiger partial charge is 0.251 e. The van der Waals surface area contributed by atoms with Gasteiger partial charge in [0.2, 0.25) is 11.8 Å². The number of aryl methyl sites for hydroxylation is 2. The highest BCUT2D eigenvalue weighted by Crippen LogP contribution is 2.15. The molecule has 0 saturated carbocycles. The number of nitrogens with one attached hydrogen (secondary N) is 2. The molecule has 6 heteroatoms. The van der Waals surface area contributed by atoms with Gasteiger partial charge in [-0.05, 0) is 42.7 Å². The highest BCUT2D eigenvalue weighted by atomic mass is 16.2. The highest BCUT2D eigenvalue weighted by molar-refractivity contribution is 5.97. The lowest BCUT2D eigenvalue weighted by Crippen LogP contribution is -2.49. The van der Waals surface area contributed by atoms with Crippen LogP contribution in [0.2, 0.25) is 0 Å². The molecule has 26 heavy (non-hydrogen) atoms. The SMILES string of the molecule is Cc1cccc(C)c1C[C@@H](NC(=O)CNC(=O)c1ccccc1)C(N)=O. The van der Waals surface area contributed by atoms with Crippen LogP contribution in [0, 0.1) is 13.8 Å². The zero-order valence-corrected chi connectivity index (χ0v) is 14.9. The van der Waals surface area contributed by atoms with Gasteiger partial charge in [0.05, 0.1) is 6.54 Å². The van der Waals surface area contributed by atoms with Gasteiger partial charge in [0.15, 0.2) is 0 Å². The summed E-state index contributed by atoms with van der Waals surface area (Å²) in [6.07, 6.45) is 0.312. The minimum absolute atomic E-state index is 0.232. The van der Waals surface area contributed by atoms with Crippen LogP contribution in [0.5, 0.6) is 0 Å². The number of carbonyl (C=O) groups excluding carboxylic acids is 3. The summed E-state index contributed by atoms with van der Waals surface area (Å²) >= 11 is 0. The zero-order valence-electron chi connectivity index (χ0n) is 14.9. The predicted octanol–water partition coefficient (Wildman–Crippen LogP) is 1.25. The van der Waals surface area contributed by atoms with E-state index in [1.165, 1.54) is 0 Å².